The number of hydrogen-bond donors (Lipinski definition) is 1. The Morgan fingerprint density at radius 3 is 2.44 bits per heavy atom. The van der Waals surface area contributed by atoms with E-state index in [9.17, 15) is 13.2 Å². The van der Waals surface area contributed by atoms with Crippen molar-refractivity contribution in [3.8, 4) is 0 Å². The fraction of sp³-hybridized carbons (Fsp3) is 0.417. The van der Waals surface area contributed by atoms with Crippen molar-refractivity contribution in [1.29, 1.82) is 0 Å². The first kappa shape index (κ1) is 13.0. The van der Waals surface area contributed by atoms with Gasteiger partial charge in [0.05, 0.1) is 10.1 Å². The van der Waals surface area contributed by atoms with Gasteiger partial charge in [0.15, 0.2) is 9.84 Å². The van der Waals surface area contributed by atoms with E-state index in [1.54, 1.807) is 42.3 Å². The Labute approximate surface area is 106 Å². The number of hydrogen-bond acceptors (Lipinski definition) is 4. The van der Waals surface area contributed by atoms with Crippen LogP contribution >= 0.6 is 0 Å². The van der Waals surface area contributed by atoms with Crippen LogP contribution in [0, 0.1) is 0 Å². The van der Waals surface area contributed by atoms with Gasteiger partial charge in [-0.3, -0.25) is 9.69 Å². The third-order valence-corrected chi connectivity index (χ3v) is 5.45. The standard InChI is InChI=1S/C12H15NO4S/c1-13-8-10(7-11(13)12(14)15)18(16,17)9-5-3-2-4-6-9/h2-6,10-11H,7-8H2,1H3,(H,14,15)/t10-,11+/m1/s1. The van der Waals surface area contributed by atoms with Crippen molar-refractivity contribution in [2.45, 2.75) is 22.6 Å². The molecular formula is C12H15NO4S. The first-order chi connectivity index (χ1) is 8.43. The van der Waals surface area contributed by atoms with E-state index in [4.69, 9.17) is 5.11 Å². The van der Waals surface area contributed by atoms with Gasteiger partial charge in [0.1, 0.15) is 6.04 Å². The zero-order chi connectivity index (χ0) is 13.3. The predicted octanol–water partition coefficient (Wildman–Crippen LogP) is 0.618. The molecule has 0 amide bonds. The maximum atomic E-state index is 12.3. The number of nitrogens with zero attached hydrogens (tertiary/aromatic N) is 1. The fourth-order valence-electron chi connectivity index (χ4n) is 2.27. The van der Waals surface area contributed by atoms with Gasteiger partial charge in [-0.05, 0) is 25.6 Å². The first-order valence-corrected chi connectivity index (χ1v) is 7.19. The van der Waals surface area contributed by atoms with Crippen LogP contribution in [0.25, 0.3) is 0 Å². The van der Waals surface area contributed by atoms with Crippen LogP contribution in [-0.2, 0) is 14.6 Å². The van der Waals surface area contributed by atoms with E-state index in [1.807, 2.05) is 0 Å². The molecule has 0 unspecified atom stereocenters. The quantitative estimate of drug-likeness (QED) is 0.870. The van der Waals surface area contributed by atoms with Crippen molar-refractivity contribution in [3.63, 3.8) is 0 Å². The number of benzene rings is 1. The Kier molecular flexibility index (Phi) is 3.41. The van der Waals surface area contributed by atoms with Gasteiger partial charge >= 0.3 is 5.97 Å². The Balaban J connectivity index is 2.26. The van der Waals surface area contributed by atoms with E-state index in [0.29, 0.717) is 0 Å². The molecule has 0 bridgehead atoms. The largest absolute Gasteiger partial charge is 0.480 e. The summed E-state index contributed by atoms with van der Waals surface area (Å²) in [7, 11) is -1.80. The summed E-state index contributed by atoms with van der Waals surface area (Å²) in [6.07, 6.45) is 0.142. The highest BCUT2D eigenvalue weighted by atomic mass is 32.2. The van der Waals surface area contributed by atoms with Gasteiger partial charge in [0.2, 0.25) is 0 Å². The van der Waals surface area contributed by atoms with Crippen LogP contribution in [-0.4, -0.2) is 49.3 Å². The minimum absolute atomic E-state index is 0.142. The zero-order valence-corrected chi connectivity index (χ0v) is 10.8. The molecule has 1 aliphatic heterocycles. The van der Waals surface area contributed by atoms with Crippen molar-refractivity contribution in [1.82, 2.24) is 4.90 Å². The van der Waals surface area contributed by atoms with E-state index < -0.39 is 27.1 Å². The van der Waals surface area contributed by atoms with Crippen molar-refractivity contribution < 1.29 is 18.3 Å². The Morgan fingerprint density at radius 1 is 1.33 bits per heavy atom. The van der Waals surface area contributed by atoms with Crippen LogP contribution in [0.2, 0.25) is 0 Å². The summed E-state index contributed by atoms with van der Waals surface area (Å²) in [6, 6.07) is 7.46. The van der Waals surface area contributed by atoms with E-state index in [1.165, 1.54) is 0 Å². The van der Waals surface area contributed by atoms with Crippen LogP contribution in [0.15, 0.2) is 35.2 Å². The van der Waals surface area contributed by atoms with Gasteiger partial charge < -0.3 is 5.11 Å². The van der Waals surface area contributed by atoms with Crippen LogP contribution < -0.4 is 0 Å². The smallest absolute Gasteiger partial charge is 0.320 e. The Bertz CT molecular complexity index is 540. The molecule has 1 aliphatic rings. The Hall–Kier alpha value is -1.40. The average molecular weight is 269 g/mol. The number of aliphatic carboxylic acids is 1. The lowest BCUT2D eigenvalue weighted by molar-refractivity contribution is -0.141. The number of carbonyl (C=O) groups is 1. The summed E-state index contributed by atoms with van der Waals surface area (Å²) in [4.78, 5) is 12.8. The molecule has 6 heteroatoms. The summed E-state index contributed by atoms with van der Waals surface area (Å²) in [5.41, 5.74) is 0. The number of carboxylic acid groups (broad SMARTS) is 1. The molecule has 1 aromatic rings. The van der Waals surface area contributed by atoms with Gasteiger partial charge in [-0.2, -0.15) is 0 Å². The van der Waals surface area contributed by atoms with E-state index in [0.717, 1.165) is 0 Å². The monoisotopic (exact) mass is 269 g/mol. The number of carboxylic acids is 1. The highest BCUT2D eigenvalue weighted by molar-refractivity contribution is 7.92. The molecule has 2 atom stereocenters. The second kappa shape index (κ2) is 4.70. The number of likely N-dealkylation sites (N-methyl/N-ethyl adjacent to an activating group) is 1. The molecule has 1 fully saturated rings. The third-order valence-electron chi connectivity index (χ3n) is 3.31. The molecule has 0 radical (unpaired) electrons. The lowest BCUT2D eigenvalue weighted by Crippen LogP contribution is -2.32. The van der Waals surface area contributed by atoms with E-state index in [2.05, 4.69) is 0 Å². The molecule has 0 spiro atoms. The second-order valence-electron chi connectivity index (χ2n) is 4.51. The Morgan fingerprint density at radius 2 is 1.94 bits per heavy atom. The van der Waals surface area contributed by atoms with E-state index >= 15 is 0 Å². The van der Waals surface area contributed by atoms with Crippen LogP contribution in [0.1, 0.15) is 6.42 Å². The normalized spacial score (nSPS) is 25.2. The fourth-order valence-corrected chi connectivity index (χ4v) is 4.06. The van der Waals surface area contributed by atoms with Crippen molar-refractivity contribution in [2.75, 3.05) is 13.6 Å². The second-order valence-corrected chi connectivity index (χ2v) is 6.74. The predicted molar refractivity (Wildman–Crippen MR) is 66.1 cm³/mol. The minimum atomic E-state index is -3.44. The average Bonchev–Trinajstić information content (AvgIpc) is 2.73. The maximum absolute atomic E-state index is 12.3. The van der Waals surface area contributed by atoms with Gasteiger partial charge in [-0.15, -0.1) is 0 Å². The van der Waals surface area contributed by atoms with Gasteiger partial charge in [0.25, 0.3) is 0 Å². The topological polar surface area (TPSA) is 74.7 Å². The maximum Gasteiger partial charge on any atom is 0.320 e. The summed E-state index contributed by atoms with van der Waals surface area (Å²) in [5.74, 6) is -0.969. The minimum Gasteiger partial charge on any atom is -0.480 e. The highest BCUT2D eigenvalue weighted by Gasteiger charge is 2.41. The zero-order valence-electron chi connectivity index (χ0n) is 9.98. The molecule has 0 aliphatic carbocycles. The molecule has 0 aromatic heterocycles. The molecule has 98 valence electrons. The number of sulfone groups is 1. The summed E-state index contributed by atoms with van der Waals surface area (Å²) < 4.78 is 24.7. The lowest BCUT2D eigenvalue weighted by atomic mass is 10.2. The molecule has 0 saturated carbocycles. The highest BCUT2D eigenvalue weighted by Crippen LogP contribution is 2.26. The van der Waals surface area contributed by atoms with Crippen molar-refractivity contribution in [2.24, 2.45) is 0 Å². The number of rotatable bonds is 3. The van der Waals surface area contributed by atoms with Gasteiger partial charge in [-0.1, -0.05) is 18.2 Å². The van der Waals surface area contributed by atoms with Crippen molar-refractivity contribution >= 4 is 15.8 Å². The molecule has 1 heterocycles. The van der Waals surface area contributed by atoms with Crippen molar-refractivity contribution in [3.05, 3.63) is 30.3 Å². The summed E-state index contributed by atoms with van der Waals surface area (Å²) >= 11 is 0. The molecular weight excluding hydrogens is 254 g/mol. The summed E-state index contributed by atoms with van der Waals surface area (Å²) in [5, 5.41) is 8.35. The first-order valence-electron chi connectivity index (χ1n) is 5.65. The van der Waals surface area contributed by atoms with Gasteiger partial charge in [-0.25, -0.2) is 8.42 Å². The van der Waals surface area contributed by atoms with Crippen LogP contribution in [0.5, 0.6) is 0 Å². The van der Waals surface area contributed by atoms with Gasteiger partial charge in [0, 0.05) is 6.54 Å². The van der Waals surface area contributed by atoms with E-state index in [-0.39, 0.29) is 17.9 Å². The molecule has 1 aromatic carbocycles. The lowest BCUT2D eigenvalue weighted by Gasteiger charge is -2.13. The number of likely N-dealkylation sites (tertiary alicyclic amines) is 1. The van der Waals surface area contributed by atoms with Crippen LogP contribution in [0.4, 0.5) is 0 Å². The summed E-state index contributed by atoms with van der Waals surface area (Å²) in [6.45, 7) is 0.258. The SMILES string of the molecule is CN1C[C@H](S(=O)(=O)c2ccccc2)C[C@H]1C(=O)O. The third kappa shape index (κ3) is 2.26. The molecule has 1 saturated heterocycles. The molecule has 1 N–H and O–H groups in total. The molecule has 5 nitrogen and oxygen atoms in total. The van der Waals surface area contributed by atoms with Crippen LogP contribution in [0.3, 0.4) is 0 Å². The molecule has 2 rings (SSSR count). The molecule has 18 heavy (non-hydrogen) atoms.